The molecular formula is C8H18O3Si. The van der Waals surface area contributed by atoms with Crippen molar-refractivity contribution in [3.63, 3.8) is 0 Å². The molecule has 3 nitrogen and oxygen atoms in total. The molecule has 12 heavy (non-hydrogen) atoms. The van der Waals surface area contributed by atoms with Crippen LogP contribution >= 0.6 is 0 Å². The Labute approximate surface area is 75.6 Å². The van der Waals surface area contributed by atoms with Gasteiger partial charge >= 0.3 is 8.56 Å². The third-order valence-electron chi connectivity index (χ3n) is 1.48. The van der Waals surface area contributed by atoms with Crippen molar-refractivity contribution < 1.29 is 13.6 Å². The summed E-state index contributed by atoms with van der Waals surface area (Å²) in [6.07, 6.45) is 0. The van der Waals surface area contributed by atoms with Gasteiger partial charge in [0.05, 0.1) is 13.2 Å². The van der Waals surface area contributed by atoms with Gasteiger partial charge in [0.1, 0.15) is 0 Å². The SMILES string of the molecule is C=C[Si](C)(OCC)OCCOC. The lowest BCUT2D eigenvalue weighted by Crippen LogP contribution is -2.37. The zero-order chi connectivity index (χ0) is 9.45. The van der Waals surface area contributed by atoms with Gasteiger partial charge in [0.2, 0.25) is 0 Å². The second kappa shape index (κ2) is 6.36. The van der Waals surface area contributed by atoms with Crippen molar-refractivity contribution >= 4 is 8.56 Å². The van der Waals surface area contributed by atoms with Crippen molar-refractivity contribution in [3.05, 3.63) is 12.3 Å². The molecule has 0 saturated heterocycles. The van der Waals surface area contributed by atoms with Gasteiger partial charge in [0.15, 0.2) is 0 Å². The Hall–Kier alpha value is -0.163. The minimum absolute atomic E-state index is 0.575. The minimum Gasteiger partial charge on any atom is -0.392 e. The zero-order valence-electron chi connectivity index (χ0n) is 8.13. The molecule has 0 aliphatic rings. The van der Waals surface area contributed by atoms with Crippen LogP contribution in [0, 0.1) is 0 Å². The Kier molecular flexibility index (Phi) is 6.28. The van der Waals surface area contributed by atoms with E-state index in [-0.39, 0.29) is 0 Å². The molecule has 0 N–H and O–H groups in total. The van der Waals surface area contributed by atoms with Gasteiger partial charge in [-0.15, -0.1) is 6.58 Å². The molecule has 0 aromatic rings. The van der Waals surface area contributed by atoms with E-state index in [1.165, 1.54) is 0 Å². The lowest BCUT2D eigenvalue weighted by Gasteiger charge is -2.22. The van der Waals surface area contributed by atoms with E-state index in [1.54, 1.807) is 12.8 Å². The number of hydrogen-bond donors (Lipinski definition) is 0. The molecule has 1 atom stereocenters. The first-order chi connectivity index (χ1) is 5.68. The quantitative estimate of drug-likeness (QED) is 0.449. The number of rotatable bonds is 7. The molecule has 0 amide bonds. The predicted molar refractivity (Wildman–Crippen MR) is 51.3 cm³/mol. The van der Waals surface area contributed by atoms with Crippen LogP contribution in [0.1, 0.15) is 6.92 Å². The fourth-order valence-electron chi connectivity index (χ4n) is 0.774. The zero-order valence-corrected chi connectivity index (χ0v) is 9.13. The Bertz CT molecular complexity index is 129. The Balaban J connectivity index is 3.71. The first-order valence-electron chi connectivity index (χ1n) is 4.09. The van der Waals surface area contributed by atoms with E-state index >= 15 is 0 Å². The molecule has 0 saturated carbocycles. The largest absolute Gasteiger partial charge is 0.392 e. The summed E-state index contributed by atoms with van der Waals surface area (Å²) in [7, 11) is -0.427. The smallest absolute Gasteiger partial charge is 0.361 e. The second-order valence-electron chi connectivity index (χ2n) is 2.49. The van der Waals surface area contributed by atoms with Crippen LogP contribution in [0.25, 0.3) is 0 Å². The maximum atomic E-state index is 5.53. The molecule has 4 heteroatoms. The molecule has 0 heterocycles. The van der Waals surface area contributed by atoms with Crippen LogP contribution in [0.5, 0.6) is 0 Å². The van der Waals surface area contributed by atoms with Gasteiger partial charge in [-0.25, -0.2) is 0 Å². The van der Waals surface area contributed by atoms with E-state index in [2.05, 4.69) is 6.58 Å². The van der Waals surface area contributed by atoms with Gasteiger partial charge < -0.3 is 13.6 Å². The summed E-state index contributed by atoms with van der Waals surface area (Å²) in [5, 5.41) is 0. The lowest BCUT2D eigenvalue weighted by atomic mass is 10.8. The van der Waals surface area contributed by atoms with E-state index in [4.69, 9.17) is 13.6 Å². The van der Waals surface area contributed by atoms with Gasteiger partial charge in [-0.05, 0) is 19.2 Å². The van der Waals surface area contributed by atoms with Crippen LogP contribution in [0.4, 0.5) is 0 Å². The van der Waals surface area contributed by atoms with E-state index < -0.39 is 8.56 Å². The summed E-state index contributed by atoms with van der Waals surface area (Å²) in [6.45, 7) is 9.47. The van der Waals surface area contributed by atoms with E-state index in [0.717, 1.165) is 0 Å². The van der Waals surface area contributed by atoms with Crippen LogP contribution < -0.4 is 0 Å². The Morgan fingerprint density at radius 2 is 2.00 bits per heavy atom. The summed E-state index contributed by atoms with van der Waals surface area (Å²) in [5.74, 6) is 0. The predicted octanol–water partition coefficient (Wildman–Crippen LogP) is 1.48. The average molecular weight is 190 g/mol. The Morgan fingerprint density at radius 3 is 2.42 bits per heavy atom. The van der Waals surface area contributed by atoms with Gasteiger partial charge in [-0.1, -0.05) is 0 Å². The third-order valence-corrected chi connectivity index (χ3v) is 3.86. The van der Waals surface area contributed by atoms with Crippen molar-refractivity contribution in [2.45, 2.75) is 13.5 Å². The number of methoxy groups -OCH3 is 1. The summed E-state index contributed by atoms with van der Waals surface area (Å²) in [6, 6.07) is 0. The normalized spacial score (nSPS) is 15.6. The third kappa shape index (κ3) is 4.66. The van der Waals surface area contributed by atoms with Crippen LogP contribution in [0.3, 0.4) is 0 Å². The van der Waals surface area contributed by atoms with Crippen molar-refractivity contribution in [2.24, 2.45) is 0 Å². The van der Waals surface area contributed by atoms with Crippen molar-refractivity contribution in [2.75, 3.05) is 26.9 Å². The summed E-state index contributed by atoms with van der Waals surface area (Å²) >= 11 is 0. The monoisotopic (exact) mass is 190 g/mol. The Morgan fingerprint density at radius 1 is 1.33 bits per heavy atom. The van der Waals surface area contributed by atoms with Crippen molar-refractivity contribution in [1.29, 1.82) is 0 Å². The van der Waals surface area contributed by atoms with Crippen LogP contribution in [0.15, 0.2) is 12.3 Å². The highest BCUT2D eigenvalue weighted by molar-refractivity contribution is 6.71. The molecule has 0 radical (unpaired) electrons. The van der Waals surface area contributed by atoms with Crippen molar-refractivity contribution in [1.82, 2.24) is 0 Å². The molecule has 72 valence electrons. The molecule has 0 rings (SSSR count). The van der Waals surface area contributed by atoms with Gasteiger partial charge in [0, 0.05) is 13.7 Å². The van der Waals surface area contributed by atoms with Crippen LogP contribution in [-0.2, 0) is 13.6 Å². The maximum absolute atomic E-state index is 5.53. The second-order valence-corrected chi connectivity index (χ2v) is 5.51. The van der Waals surface area contributed by atoms with Crippen LogP contribution in [0.2, 0.25) is 6.55 Å². The standard InChI is InChI=1S/C8H18O3Si/c1-5-10-12(4,6-2)11-8-7-9-3/h6H,2,5,7-8H2,1,3-4H3. The first kappa shape index (κ1) is 11.8. The highest BCUT2D eigenvalue weighted by atomic mass is 28.4. The lowest BCUT2D eigenvalue weighted by molar-refractivity contribution is 0.117. The average Bonchev–Trinajstić information content (AvgIpc) is 2.06. The molecule has 0 aliphatic carbocycles. The fourth-order valence-corrected chi connectivity index (χ4v) is 2.15. The number of ether oxygens (including phenoxy) is 1. The van der Waals surface area contributed by atoms with E-state index in [1.807, 2.05) is 13.5 Å². The van der Waals surface area contributed by atoms with E-state index in [0.29, 0.717) is 19.8 Å². The molecule has 0 aromatic carbocycles. The van der Waals surface area contributed by atoms with Crippen LogP contribution in [-0.4, -0.2) is 35.5 Å². The highest BCUT2D eigenvalue weighted by Crippen LogP contribution is 2.07. The molecule has 0 aliphatic heterocycles. The molecular weight excluding hydrogens is 172 g/mol. The highest BCUT2D eigenvalue weighted by Gasteiger charge is 2.26. The van der Waals surface area contributed by atoms with Gasteiger partial charge in [0.25, 0.3) is 0 Å². The molecule has 0 spiro atoms. The van der Waals surface area contributed by atoms with Crippen molar-refractivity contribution in [3.8, 4) is 0 Å². The number of hydrogen-bond acceptors (Lipinski definition) is 3. The fraction of sp³-hybridized carbons (Fsp3) is 0.750. The molecule has 0 bridgehead atoms. The summed E-state index contributed by atoms with van der Waals surface area (Å²) < 4.78 is 15.9. The topological polar surface area (TPSA) is 27.7 Å². The molecule has 0 aromatic heterocycles. The maximum Gasteiger partial charge on any atom is 0.361 e. The molecule has 1 unspecified atom stereocenters. The first-order valence-corrected chi connectivity index (χ1v) is 6.48. The summed E-state index contributed by atoms with van der Waals surface area (Å²) in [5.41, 5.74) is 1.78. The van der Waals surface area contributed by atoms with Gasteiger partial charge in [-0.3, -0.25) is 0 Å². The van der Waals surface area contributed by atoms with Gasteiger partial charge in [-0.2, -0.15) is 0 Å². The summed E-state index contributed by atoms with van der Waals surface area (Å²) in [4.78, 5) is 0. The van der Waals surface area contributed by atoms with E-state index in [9.17, 15) is 0 Å². The minimum atomic E-state index is -2.08. The molecule has 0 fully saturated rings.